The number of carbonyl (C=O) groups is 1. The lowest BCUT2D eigenvalue weighted by molar-refractivity contribution is -0.143. The molecule has 0 aliphatic heterocycles. The third-order valence-corrected chi connectivity index (χ3v) is 4.75. The number of halogens is 8. The summed E-state index contributed by atoms with van der Waals surface area (Å²) in [6.07, 6.45) is -3.08. The van der Waals surface area contributed by atoms with Gasteiger partial charge in [0.05, 0.1) is 12.4 Å². The zero-order valence-electron chi connectivity index (χ0n) is 10.3. The molecule has 0 aromatic carbocycles. The molecule has 2 heterocycles. The summed E-state index contributed by atoms with van der Waals surface area (Å²) in [5.74, 6) is 0. The van der Waals surface area contributed by atoms with E-state index in [9.17, 15) is 18.0 Å². The van der Waals surface area contributed by atoms with E-state index in [1.807, 2.05) is 0 Å². The van der Waals surface area contributed by atoms with E-state index < -0.39 is 31.7 Å². The third kappa shape index (κ3) is 3.36. The monoisotopic (exact) mass is 430 g/mol. The van der Waals surface area contributed by atoms with Gasteiger partial charge in [-0.25, -0.2) is 4.79 Å². The van der Waals surface area contributed by atoms with Gasteiger partial charge >= 0.3 is 12.2 Å². The van der Waals surface area contributed by atoms with Gasteiger partial charge in [0.2, 0.25) is 8.13 Å². The normalized spacial score (nSPS) is 13.4. The molecule has 2 aromatic rings. The fourth-order valence-electron chi connectivity index (χ4n) is 1.42. The summed E-state index contributed by atoms with van der Waals surface area (Å²) < 4.78 is 35.0. The minimum atomic E-state index is -5.14. The van der Waals surface area contributed by atoms with Crippen molar-refractivity contribution >= 4 is 64.0 Å². The molecular weight excluding hydrogens is 430 g/mol. The Bertz CT molecular complexity index is 722. The molecule has 0 atom stereocenters. The highest BCUT2D eigenvalue weighted by atomic mass is 35.6. The molecule has 0 amide bonds. The zero-order valence-corrected chi connectivity index (χ0v) is 14.0. The smallest absolute Gasteiger partial charge is 0.243 e. The van der Waals surface area contributed by atoms with Crippen molar-refractivity contribution < 1.29 is 18.0 Å². The molecule has 0 fully saturated rings. The molecule has 0 bridgehead atoms. The van der Waals surface area contributed by atoms with E-state index in [-0.39, 0.29) is 4.68 Å². The maximum atomic E-state index is 13.3. The van der Waals surface area contributed by atoms with Gasteiger partial charge in [-0.05, 0) is 0 Å². The van der Waals surface area contributed by atoms with E-state index in [4.69, 9.17) is 58.0 Å². The molecule has 0 N–H and O–H groups in total. The molecule has 0 saturated carbocycles. The standard InChI is InChI=1S/C8H2Cl5F3N6O/c9-6(10,8(11,12)13)3-4(7(14,15)16)22(20-18-3)5(23)21-2-1-17-19-21/h1-2H. The minimum absolute atomic E-state index is 0.125. The van der Waals surface area contributed by atoms with Crippen molar-refractivity contribution in [3.8, 4) is 0 Å². The predicted octanol–water partition coefficient (Wildman–Crippen LogP) is 3.41. The van der Waals surface area contributed by atoms with Crippen molar-refractivity contribution in [1.82, 2.24) is 30.0 Å². The fourth-order valence-corrected chi connectivity index (χ4v) is 1.95. The van der Waals surface area contributed by atoms with E-state index in [0.29, 0.717) is 4.68 Å². The number of carbonyl (C=O) groups excluding carboxylic acids is 1. The topological polar surface area (TPSA) is 78.5 Å². The average Bonchev–Trinajstić information content (AvgIpc) is 3.05. The van der Waals surface area contributed by atoms with E-state index in [2.05, 4.69) is 20.6 Å². The van der Waals surface area contributed by atoms with Crippen LogP contribution in [-0.4, -0.2) is 39.8 Å². The highest BCUT2D eigenvalue weighted by Crippen LogP contribution is 2.54. The van der Waals surface area contributed by atoms with Gasteiger partial charge in [0.15, 0.2) is 5.69 Å². The van der Waals surface area contributed by atoms with Crippen LogP contribution in [0.3, 0.4) is 0 Å². The van der Waals surface area contributed by atoms with Crippen LogP contribution in [0.25, 0.3) is 0 Å². The van der Waals surface area contributed by atoms with Crippen molar-refractivity contribution in [2.24, 2.45) is 0 Å². The highest BCUT2D eigenvalue weighted by Gasteiger charge is 2.55. The van der Waals surface area contributed by atoms with Crippen LogP contribution in [-0.2, 0) is 10.5 Å². The molecule has 0 spiro atoms. The van der Waals surface area contributed by atoms with E-state index in [0.717, 1.165) is 12.4 Å². The molecule has 23 heavy (non-hydrogen) atoms. The Labute approximate surface area is 150 Å². The van der Waals surface area contributed by atoms with Crippen molar-refractivity contribution in [2.45, 2.75) is 14.3 Å². The van der Waals surface area contributed by atoms with Crippen molar-refractivity contribution in [1.29, 1.82) is 0 Å². The number of hydrogen-bond donors (Lipinski definition) is 0. The molecule has 0 aliphatic carbocycles. The molecule has 0 saturated heterocycles. The maximum Gasteiger partial charge on any atom is 0.435 e. The first-order chi connectivity index (χ1) is 10.4. The second kappa shape index (κ2) is 5.92. The van der Waals surface area contributed by atoms with Gasteiger partial charge in [-0.15, -0.1) is 10.2 Å². The Hall–Kier alpha value is -0.810. The lowest BCUT2D eigenvalue weighted by Crippen LogP contribution is -2.33. The van der Waals surface area contributed by atoms with Crippen LogP contribution < -0.4 is 0 Å². The van der Waals surface area contributed by atoms with Crippen LogP contribution in [0, 0.1) is 0 Å². The van der Waals surface area contributed by atoms with Gasteiger partial charge in [0.25, 0.3) is 0 Å². The quantitative estimate of drug-likeness (QED) is 0.646. The number of hydrogen-bond acceptors (Lipinski definition) is 5. The summed E-state index contributed by atoms with van der Waals surface area (Å²) in [5.41, 5.74) is -2.86. The molecule has 15 heteroatoms. The molecule has 2 aromatic heterocycles. The van der Waals surface area contributed by atoms with Gasteiger partial charge < -0.3 is 0 Å². The second-order valence-electron chi connectivity index (χ2n) is 3.90. The van der Waals surface area contributed by atoms with Gasteiger partial charge in [-0.3, -0.25) is 0 Å². The summed E-state index contributed by atoms with van der Waals surface area (Å²) in [7, 11) is 0. The minimum Gasteiger partial charge on any atom is -0.243 e. The van der Waals surface area contributed by atoms with Gasteiger partial charge in [0, 0.05) is 0 Å². The Balaban J connectivity index is 2.67. The largest absolute Gasteiger partial charge is 0.435 e. The summed E-state index contributed by atoms with van der Waals surface area (Å²) >= 11 is 27.8. The van der Waals surface area contributed by atoms with Crippen LogP contribution >= 0.6 is 58.0 Å². The molecule has 2 rings (SSSR count). The van der Waals surface area contributed by atoms with E-state index >= 15 is 0 Å². The number of alkyl halides is 8. The summed E-state index contributed by atoms with van der Waals surface area (Å²) in [6.45, 7) is 0. The fraction of sp³-hybridized carbons (Fsp3) is 0.375. The predicted molar refractivity (Wildman–Crippen MR) is 74.9 cm³/mol. The van der Waals surface area contributed by atoms with E-state index in [1.165, 1.54) is 0 Å². The van der Waals surface area contributed by atoms with Crippen LogP contribution in [0.15, 0.2) is 12.4 Å². The molecule has 126 valence electrons. The van der Waals surface area contributed by atoms with Gasteiger partial charge in [-0.2, -0.15) is 22.5 Å². The third-order valence-electron chi connectivity index (χ3n) is 2.39. The first kappa shape index (κ1) is 18.5. The van der Waals surface area contributed by atoms with Gasteiger partial charge in [-0.1, -0.05) is 68.4 Å². The van der Waals surface area contributed by atoms with Crippen molar-refractivity contribution in [3.63, 3.8) is 0 Å². The van der Waals surface area contributed by atoms with Crippen molar-refractivity contribution in [3.05, 3.63) is 23.8 Å². The molecule has 0 unspecified atom stereocenters. The highest BCUT2D eigenvalue weighted by molar-refractivity contribution is 6.75. The first-order valence-electron chi connectivity index (χ1n) is 5.26. The van der Waals surface area contributed by atoms with Crippen LogP contribution in [0.4, 0.5) is 18.0 Å². The van der Waals surface area contributed by atoms with Gasteiger partial charge in [0.1, 0.15) is 5.69 Å². The lowest BCUT2D eigenvalue weighted by Gasteiger charge is -2.26. The average molecular weight is 432 g/mol. The molecular formula is C8H2Cl5F3N6O. The molecule has 0 aliphatic rings. The van der Waals surface area contributed by atoms with Crippen LogP contribution in [0.5, 0.6) is 0 Å². The number of nitrogens with zero attached hydrogens (tertiary/aromatic N) is 6. The zero-order chi connectivity index (χ0) is 17.6. The Morgan fingerprint density at radius 3 is 2.13 bits per heavy atom. The summed E-state index contributed by atoms with van der Waals surface area (Å²) in [6, 6.07) is -1.35. The SMILES string of the molecule is O=C(n1ccnn1)n1nnc(C(Cl)(Cl)C(Cl)(Cl)Cl)c1C(F)(F)F. The Morgan fingerprint density at radius 2 is 1.70 bits per heavy atom. The van der Waals surface area contributed by atoms with Crippen LogP contribution in [0.1, 0.15) is 11.4 Å². The van der Waals surface area contributed by atoms with E-state index in [1.54, 1.807) is 0 Å². The first-order valence-corrected chi connectivity index (χ1v) is 7.15. The number of aromatic nitrogens is 6. The maximum absolute atomic E-state index is 13.3. The summed E-state index contributed by atoms with van der Waals surface area (Å²) in [4.78, 5) is 12.0. The Morgan fingerprint density at radius 1 is 1.09 bits per heavy atom. The Kier molecular flexibility index (Phi) is 4.77. The second-order valence-corrected chi connectivity index (χ2v) is 7.51. The summed E-state index contributed by atoms with van der Waals surface area (Å²) in [5, 5.41) is 12.8. The molecule has 7 nitrogen and oxygen atoms in total. The number of rotatable bonds is 1. The van der Waals surface area contributed by atoms with Crippen molar-refractivity contribution in [2.75, 3.05) is 0 Å². The molecule has 0 radical (unpaired) electrons. The van der Waals surface area contributed by atoms with Crippen LogP contribution in [0.2, 0.25) is 0 Å². The lowest BCUT2D eigenvalue weighted by atomic mass is 10.2.